The van der Waals surface area contributed by atoms with Gasteiger partial charge in [0.05, 0.1) is 0 Å². The number of hydrogen-bond donors (Lipinski definition) is 1. The Hall–Kier alpha value is -0.680. The summed E-state index contributed by atoms with van der Waals surface area (Å²) in [6.07, 6.45) is 7.02. The Labute approximate surface area is 107 Å². The molecule has 1 atom stereocenters. The van der Waals surface area contributed by atoms with Crippen LogP contribution in [0.5, 0.6) is 0 Å². The Kier molecular flexibility index (Phi) is 5.69. The van der Waals surface area contributed by atoms with Crippen LogP contribution in [0, 0.1) is 12.3 Å². The van der Waals surface area contributed by atoms with Crippen molar-refractivity contribution in [1.82, 2.24) is 5.32 Å². The monoisotopic (exact) mass is 255 g/mol. The predicted molar refractivity (Wildman–Crippen MR) is 70.8 cm³/mol. The summed E-state index contributed by atoms with van der Waals surface area (Å²) in [4.78, 5) is 0. The van der Waals surface area contributed by atoms with Gasteiger partial charge in [0.15, 0.2) is 0 Å². The molecule has 1 N–H and O–H groups in total. The topological polar surface area (TPSA) is 12.0 Å². The fourth-order valence-corrected chi connectivity index (χ4v) is 1.82. The minimum atomic E-state index is 0.333. The second kappa shape index (κ2) is 6.81. The number of benzene rings is 1. The summed E-state index contributed by atoms with van der Waals surface area (Å²) >= 11 is 12.0. The van der Waals surface area contributed by atoms with Crippen molar-refractivity contribution < 1.29 is 0 Å². The van der Waals surface area contributed by atoms with E-state index in [-0.39, 0.29) is 0 Å². The first kappa shape index (κ1) is 13.4. The molecule has 1 rings (SSSR count). The molecule has 0 aliphatic carbocycles. The van der Waals surface area contributed by atoms with Crippen LogP contribution in [0.4, 0.5) is 0 Å². The summed E-state index contributed by atoms with van der Waals surface area (Å²) in [5.74, 6) is 2.66. The normalized spacial score (nSPS) is 12.1. The molecule has 0 saturated heterocycles. The van der Waals surface area contributed by atoms with E-state index in [0.717, 1.165) is 23.4 Å². The zero-order chi connectivity index (χ0) is 12.0. The Morgan fingerprint density at radius 2 is 2.19 bits per heavy atom. The second-order valence-corrected chi connectivity index (χ2v) is 4.47. The van der Waals surface area contributed by atoms with Gasteiger partial charge in [0.1, 0.15) is 0 Å². The van der Waals surface area contributed by atoms with E-state index in [9.17, 15) is 0 Å². The molecule has 1 unspecified atom stereocenters. The van der Waals surface area contributed by atoms with Gasteiger partial charge in [0, 0.05) is 29.1 Å². The first-order chi connectivity index (χ1) is 7.67. The van der Waals surface area contributed by atoms with Crippen molar-refractivity contribution in [2.45, 2.75) is 32.4 Å². The first-order valence-corrected chi connectivity index (χ1v) is 6.03. The third-order valence-corrected chi connectivity index (χ3v) is 3.05. The fourth-order valence-electron chi connectivity index (χ4n) is 1.44. The number of terminal acetylenes is 1. The average Bonchev–Trinajstić information content (AvgIpc) is 2.28. The highest BCUT2D eigenvalue weighted by molar-refractivity contribution is 6.33. The van der Waals surface area contributed by atoms with Gasteiger partial charge < -0.3 is 5.32 Å². The molecule has 0 fully saturated rings. The van der Waals surface area contributed by atoms with E-state index in [1.165, 1.54) is 0 Å². The van der Waals surface area contributed by atoms with Crippen molar-refractivity contribution in [1.29, 1.82) is 0 Å². The van der Waals surface area contributed by atoms with Crippen LogP contribution < -0.4 is 5.32 Å². The lowest BCUT2D eigenvalue weighted by atomic mass is 10.1. The molecule has 1 nitrogen and oxygen atoms in total. The van der Waals surface area contributed by atoms with Gasteiger partial charge >= 0.3 is 0 Å². The van der Waals surface area contributed by atoms with Crippen LogP contribution in [0.25, 0.3) is 0 Å². The lowest BCUT2D eigenvalue weighted by Crippen LogP contribution is -2.27. The molecule has 16 heavy (non-hydrogen) atoms. The van der Waals surface area contributed by atoms with E-state index in [1.807, 2.05) is 12.1 Å². The van der Waals surface area contributed by atoms with Crippen LogP contribution in [0.1, 0.15) is 25.3 Å². The third kappa shape index (κ3) is 4.06. The maximum atomic E-state index is 6.06. The molecule has 0 bridgehead atoms. The van der Waals surface area contributed by atoms with Gasteiger partial charge in [-0.05, 0) is 30.2 Å². The highest BCUT2D eigenvalue weighted by Gasteiger charge is 2.06. The van der Waals surface area contributed by atoms with Gasteiger partial charge in [0.25, 0.3) is 0 Å². The maximum Gasteiger partial charge on any atom is 0.0451 e. The third-order valence-electron chi connectivity index (χ3n) is 2.45. The molecule has 0 saturated carbocycles. The zero-order valence-electron chi connectivity index (χ0n) is 9.26. The Balaban J connectivity index is 2.60. The zero-order valence-corrected chi connectivity index (χ0v) is 10.8. The Morgan fingerprint density at radius 1 is 1.44 bits per heavy atom. The molecular weight excluding hydrogens is 241 g/mol. The molecule has 0 aliphatic heterocycles. The van der Waals surface area contributed by atoms with Crippen LogP contribution in [0.15, 0.2) is 18.2 Å². The van der Waals surface area contributed by atoms with Gasteiger partial charge in [-0.3, -0.25) is 0 Å². The molecule has 86 valence electrons. The SMILES string of the molecule is C#CCC(CC)NCc1cc(Cl)ccc1Cl. The van der Waals surface area contributed by atoms with Crippen LogP contribution in [-0.2, 0) is 6.54 Å². The number of hydrogen-bond acceptors (Lipinski definition) is 1. The lowest BCUT2D eigenvalue weighted by Gasteiger charge is -2.14. The number of rotatable bonds is 5. The maximum absolute atomic E-state index is 6.06. The van der Waals surface area contributed by atoms with Gasteiger partial charge in [0.2, 0.25) is 0 Å². The van der Waals surface area contributed by atoms with E-state index >= 15 is 0 Å². The van der Waals surface area contributed by atoms with E-state index in [0.29, 0.717) is 17.6 Å². The summed E-state index contributed by atoms with van der Waals surface area (Å²) in [6.45, 7) is 2.80. The van der Waals surface area contributed by atoms with E-state index in [2.05, 4.69) is 18.2 Å². The first-order valence-electron chi connectivity index (χ1n) is 5.28. The molecular formula is C13H15Cl2N. The van der Waals surface area contributed by atoms with Crippen molar-refractivity contribution in [3.63, 3.8) is 0 Å². The van der Waals surface area contributed by atoms with Crippen LogP contribution >= 0.6 is 23.2 Å². The smallest absolute Gasteiger partial charge is 0.0451 e. The highest BCUT2D eigenvalue weighted by Crippen LogP contribution is 2.20. The number of nitrogens with one attached hydrogen (secondary N) is 1. The molecule has 0 spiro atoms. The summed E-state index contributed by atoms with van der Waals surface area (Å²) in [5.41, 5.74) is 1.00. The average molecular weight is 256 g/mol. The standard InChI is InChI=1S/C13H15Cl2N/c1-3-5-12(4-2)16-9-10-8-11(14)6-7-13(10)15/h1,6-8,12,16H,4-5,9H2,2H3. The Morgan fingerprint density at radius 3 is 2.81 bits per heavy atom. The van der Waals surface area contributed by atoms with Crippen molar-refractivity contribution in [3.05, 3.63) is 33.8 Å². The molecule has 1 aromatic rings. The van der Waals surface area contributed by atoms with Gasteiger partial charge in [-0.1, -0.05) is 30.1 Å². The largest absolute Gasteiger partial charge is 0.309 e. The summed E-state index contributed by atoms with van der Waals surface area (Å²) < 4.78 is 0. The second-order valence-electron chi connectivity index (χ2n) is 3.63. The molecule has 1 aromatic carbocycles. The van der Waals surface area contributed by atoms with E-state index in [1.54, 1.807) is 6.07 Å². The molecule has 0 heterocycles. The van der Waals surface area contributed by atoms with Crippen molar-refractivity contribution in [3.8, 4) is 12.3 Å². The summed E-state index contributed by atoms with van der Waals surface area (Å²) in [6, 6.07) is 5.80. The van der Waals surface area contributed by atoms with Crippen molar-refractivity contribution in [2.24, 2.45) is 0 Å². The van der Waals surface area contributed by atoms with E-state index < -0.39 is 0 Å². The molecule has 0 amide bonds. The van der Waals surface area contributed by atoms with E-state index in [4.69, 9.17) is 29.6 Å². The van der Waals surface area contributed by atoms with Crippen LogP contribution in [-0.4, -0.2) is 6.04 Å². The summed E-state index contributed by atoms with van der Waals surface area (Å²) in [7, 11) is 0. The molecule has 0 radical (unpaired) electrons. The minimum absolute atomic E-state index is 0.333. The van der Waals surface area contributed by atoms with Crippen LogP contribution in [0.3, 0.4) is 0 Å². The molecule has 3 heteroatoms. The van der Waals surface area contributed by atoms with Gasteiger partial charge in [-0.15, -0.1) is 12.3 Å². The van der Waals surface area contributed by atoms with Gasteiger partial charge in [-0.2, -0.15) is 0 Å². The Bertz CT molecular complexity index is 382. The van der Waals surface area contributed by atoms with Gasteiger partial charge in [-0.25, -0.2) is 0 Å². The molecule has 0 aliphatic rings. The van der Waals surface area contributed by atoms with Crippen molar-refractivity contribution >= 4 is 23.2 Å². The predicted octanol–water partition coefficient (Wildman–Crippen LogP) is 3.88. The van der Waals surface area contributed by atoms with Crippen LogP contribution in [0.2, 0.25) is 10.0 Å². The fraction of sp³-hybridized carbons (Fsp3) is 0.385. The lowest BCUT2D eigenvalue weighted by molar-refractivity contribution is 0.507. The summed E-state index contributed by atoms with van der Waals surface area (Å²) in [5, 5.41) is 4.80. The molecule has 0 aromatic heterocycles. The minimum Gasteiger partial charge on any atom is -0.309 e. The van der Waals surface area contributed by atoms with Crippen molar-refractivity contribution in [2.75, 3.05) is 0 Å². The number of halogens is 2. The quantitative estimate of drug-likeness (QED) is 0.788. The highest BCUT2D eigenvalue weighted by atomic mass is 35.5.